The maximum Gasteiger partial charge on any atom is 0.273 e. The van der Waals surface area contributed by atoms with Crippen LogP contribution in [0, 0.1) is 10.8 Å². The van der Waals surface area contributed by atoms with Crippen molar-refractivity contribution in [2.45, 2.75) is 54.0 Å². The van der Waals surface area contributed by atoms with Gasteiger partial charge in [0, 0.05) is 6.54 Å². The van der Waals surface area contributed by atoms with Crippen LogP contribution in [-0.2, 0) is 4.79 Å². The summed E-state index contributed by atoms with van der Waals surface area (Å²) in [6, 6.07) is -0.313. The average molecular weight is 254 g/mol. The molecule has 4 nitrogen and oxygen atoms in total. The highest BCUT2D eigenvalue weighted by Crippen LogP contribution is 2.35. The molecule has 18 heavy (non-hydrogen) atoms. The van der Waals surface area contributed by atoms with E-state index in [1.54, 1.807) is 4.90 Å². The molecule has 3 N–H and O–H groups in total. The number of hydrogen-bond acceptors (Lipinski definition) is 3. The van der Waals surface area contributed by atoms with Crippen LogP contribution in [0.5, 0.6) is 0 Å². The minimum atomic E-state index is -0.313. The van der Waals surface area contributed by atoms with Gasteiger partial charge in [-0.1, -0.05) is 41.5 Å². The van der Waals surface area contributed by atoms with Crippen LogP contribution in [0.3, 0.4) is 0 Å². The molecule has 1 aliphatic rings. The van der Waals surface area contributed by atoms with Crippen molar-refractivity contribution in [3.05, 3.63) is 11.5 Å². The summed E-state index contributed by atoms with van der Waals surface area (Å²) in [6.45, 7) is 13.0. The molecule has 1 aliphatic heterocycles. The second-order valence-corrected chi connectivity index (χ2v) is 7.38. The summed E-state index contributed by atoms with van der Waals surface area (Å²) in [7, 11) is 0. The summed E-state index contributed by atoms with van der Waals surface area (Å²) in [6.07, 6.45) is 0.881. The zero-order chi connectivity index (χ0) is 14.3. The molecule has 0 aliphatic carbocycles. The number of carbonyl (C=O) groups is 1. The van der Waals surface area contributed by atoms with Crippen molar-refractivity contribution in [2.75, 3.05) is 6.54 Å². The van der Waals surface area contributed by atoms with Crippen LogP contribution >= 0.6 is 0 Å². The van der Waals surface area contributed by atoms with Crippen LogP contribution in [0.4, 0.5) is 0 Å². The molecule has 1 amide bonds. The number of aliphatic hydroxyl groups is 1. The van der Waals surface area contributed by atoms with Gasteiger partial charge < -0.3 is 15.7 Å². The number of amides is 1. The average Bonchev–Trinajstić information content (AvgIpc) is 2.37. The van der Waals surface area contributed by atoms with E-state index in [4.69, 9.17) is 5.73 Å². The smallest absolute Gasteiger partial charge is 0.273 e. The summed E-state index contributed by atoms with van der Waals surface area (Å²) < 4.78 is 0. The number of hydrogen-bond donors (Lipinski definition) is 2. The predicted octanol–water partition coefficient (Wildman–Crippen LogP) is 2.41. The lowest BCUT2D eigenvalue weighted by Crippen LogP contribution is -2.45. The van der Waals surface area contributed by atoms with Gasteiger partial charge >= 0.3 is 0 Å². The fraction of sp³-hybridized carbons (Fsp3) is 0.786. The van der Waals surface area contributed by atoms with Gasteiger partial charge in [-0.25, -0.2) is 0 Å². The highest BCUT2D eigenvalue weighted by atomic mass is 16.3. The molecule has 1 rings (SSSR count). The molecule has 1 heterocycles. The maximum atomic E-state index is 12.1. The summed E-state index contributed by atoms with van der Waals surface area (Å²) in [4.78, 5) is 13.8. The van der Waals surface area contributed by atoms with Crippen molar-refractivity contribution >= 4 is 5.91 Å². The van der Waals surface area contributed by atoms with Crippen LogP contribution < -0.4 is 5.73 Å². The molecular formula is C14H26N2O2. The van der Waals surface area contributed by atoms with Crippen LogP contribution in [0.2, 0.25) is 0 Å². The molecule has 0 saturated carbocycles. The highest BCUT2D eigenvalue weighted by Gasteiger charge is 2.44. The van der Waals surface area contributed by atoms with Crippen LogP contribution in [0.15, 0.2) is 11.5 Å². The number of nitrogens with zero attached hydrogens (tertiary/aromatic N) is 1. The first kappa shape index (κ1) is 14.9. The van der Waals surface area contributed by atoms with E-state index < -0.39 is 0 Å². The fourth-order valence-corrected chi connectivity index (χ4v) is 2.24. The highest BCUT2D eigenvalue weighted by molar-refractivity contribution is 5.96. The Kier molecular flexibility index (Phi) is 3.70. The molecule has 0 unspecified atom stereocenters. The van der Waals surface area contributed by atoms with Gasteiger partial charge in [-0.2, -0.15) is 0 Å². The number of nitrogens with two attached hydrogens (primary N) is 1. The van der Waals surface area contributed by atoms with Crippen molar-refractivity contribution < 1.29 is 9.90 Å². The summed E-state index contributed by atoms with van der Waals surface area (Å²) >= 11 is 0. The van der Waals surface area contributed by atoms with Crippen molar-refractivity contribution in [3.63, 3.8) is 0 Å². The second kappa shape index (κ2) is 4.48. The molecule has 0 fully saturated rings. The lowest BCUT2D eigenvalue weighted by Gasteiger charge is -2.36. The quantitative estimate of drug-likeness (QED) is 0.795. The molecule has 0 aromatic carbocycles. The molecule has 1 atom stereocenters. The van der Waals surface area contributed by atoms with Gasteiger partial charge in [0.15, 0.2) is 0 Å². The molecule has 0 spiro atoms. The first-order valence-corrected chi connectivity index (χ1v) is 6.45. The van der Waals surface area contributed by atoms with Crippen LogP contribution in [0.25, 0.3) is 0 Å². The van der Waals surface area contributed by atoms with Gasteiger partial charge in [0.2, 0.25) is 0 Å². The van der Waals surface area contributed by atoms with E-state index >= 15 is 0 Å². The van der Waals surface area contributed by atoms with E-state index in [1.807, 2.05) is 20.8 Å². The number of aliphatic hydroxyl groups excluding tert-OH is 1. The minimum Gasteiger partial charge on any atom is -0.508 e. The van der Waals surface area contributed by atoms with Crippen LogP contribution in [0.1, 0.15) is 48.0 Å². The summed E-state index contributed by atoms with van der Waals surface area (Å²) in [5.74, 6) is -0.210. The number of rotatable bonds is 2. The Morgan fingerprint density at radius 2 is 1.72 bits per heavy atom. The van der Waals surface area contributed by atoms with Gasteiger partial charge in [0.25, 0.3) is 5.91 Å². The summed E-state index contributed by atoms with van der Waals surface area (Å²) in [5.41, 5.74) is 5.61. The Hall–Kier alpha value is -1.19. The van der Waals surface area contributed by atoms with Crippen LogP contribution in [-0.4, -0.2) is 28.5 Å². The first-order chi connectivity index (χ1) is 7.95. The standard InChI is InChI=1S/C14H26N2O2/c1-13(2,3)7-8-16-11(14(4,5)6)10(17)9(15)12(16)18/h11,17H,7-8,15H2,1-6H3/t11-/m1/s1. The lowest BCUT2D eigenvalue weighted by molar-refractivity contribution is -0.129. The zero-order valence-electron chi connectivity index (χ0n) is 12.4. The van der Waals surface area contributed by atoms with Crippen molar-refractivity contribution in [1.29, 1.82) is 0 Å². The normalized spacial score (nSPS) is 22.0. The zero-order valence-corrected chi connectivity index (χ0v) is 12.4. The van der Waals surface area contributed by atoms with Crippen molar-refractivity contribution in [2.24, 2.45) is 16.6 Å². The molecule has 0 radical (unpaired) electrons. The van der Waals surface area contributed by atoms with Crippen molar-refractivity contribution in [3.8, 4) is 0 Å². The predicted molar refractivity (Wildman–Crippen MR) is 72.9 cm³/mol. The Balaban J connectivity index is 2.94. The molecular weight excluding hydrogens is 228 g/mol. The monoisotopic (exact) mass is 254 g/mol. The number of carbonyl (C=O) groups excluding carboxylic acids is 1. The van der Waals surface area contributed by atoms with E-state index in [9.17, 15) is 9.90 Å². The van der Waals surface area contributed by atoms with Gasteiger partial charge in [0.1, 0.15) is 11.5 Å². The molecule has 0 bridgehead atoms. The van der Waals surface area contributed by atoms with E-state index in [0.29, 0.717) is 6.54 Å². The molecule has 4 heteroatoms. The second-order valence-electron chi connectivity index (χ2n) is 7.38. The van der Waals surface area contributed by atoms with E-state index in [-0.39, 0.29) is 34.2 Å². The fourth-order valence-electron chi connectivity index (χ4n) is 2.24. The Bertz CT molecular complexity index is 372. The maximum absolute atomic E-state index is 12.1. The SMILES string of the molecule is CC(C)(C)CCN1C(=O)C(N)=C(O)[C@@H]1C(C)(C)C. The molecule has 0 aromatic heterocycles. The topological polar surface area (TPSA) is 66.6 Å². The molecule has 104 valence electrons. The van der Waals surface area contributed by atoms with E-state index in [2.05, 4.69) is 20.8 Å². The third kappa shape index (κ3) is 2.98. The third-order valence-corrected chi connectivity index (χ3v) is 3.26. The Morgan fingerprint density at radius 3 is 2.11 bits per heavy atom. The Labute approximate surface area is 110 Å². The largest absolute Gasteiger partial charge is 0.508 e. The van der Waals surface area contributed by atoms with Gasteiger partial charge in [-0.3, -0.25) is 4.79 Å². The van der Waals surface area contributed by atoms with E-state index in [0.717, 1.165) is 6.42 Å². The molecule has 0 saturated heterocycles. The van der Waals surface area contributed by atoms with Gasteiger partial charge in [-0.05, 0) is 17.3 Å². The molecule has 0 aromatic rings. The lowest BCUT2D eigenvalue weighted by atomic mass is 9.84. The van der Waals surface area contributed by atoms with Gasteiger partial charge in [-0.15, -0.1) is 0 Å². The van der Waals surface area contributed by atoms with Gasteiger partial charge in [0.05, 0.1) is 6.04 Å². The van der Waals surface area contributed by atoms with Crippen molar-refractivity contribution in [1.82, 2.24) is 4.90 Å². The minimum absolute atomic E-state index is 0.00355. The summed E-state index contributed by atoms with van der Waals surface area (Å²) in [5, 5.41) is 10.1. The first-order valence-electron chi connectivity index (χ1n) is 6.45. The van der Waals surface area contributed by atoms with E-state index in [1.165, 1.54) is 0 Å². The third-order valence-electron chi connectivity index (χ3n) is 3.26. The Morgan fingerprint density at radius 1 is 1.22 bits per heavy atom.